The van der Waals surface area contributed by atoms with Gasteiger partial charge in [-0.05, 0) is 11.6 Å². The quantitative estimate of drug-likeness (QED) is 0.488. The second kappa shape index (κ2) is 4.34. The summed E-state index contributed by atoms with van der Waals surface area (Å²) in [6, 6.07) is 9.42. The normalized spacial score (nSPS) is 10.1. The molecule has 60 valence electrons. The SMILES string of the molecule is [CH]OC(=O)C=Cc1ccccc1. The van der Waals surface area contributed by atoms with Crippen molar-refractivity contribution in [2.75, 3.05) is 0 Å². The molecule has 0 aliphatic rings. The molecule has 2 radical (unpaired) electrons. The van der Waals surface area contributed by atoms with E-state index in [1.807, 2.05) is 30.3 Å². The van der Waals surface area contributed by atoms with Gasteiger partial charge < -0.3 is 4.74 Å². The van der Waals surface area contributed by atoms with Crippen LogP contribution in [0.5, 0.6) is 0 Å². The fraction of sp³-hybridized carbons (Fsp3) is 0. The van der Waals surface area contributed by atoms with Crippen molar-refractivity contribution in [1.29, 1.82) is 0 Å². The molecule has 2 heteroatoms. The van der Waals surface area contributed by atoms with Crippen LogP contribution in [-0.4, -0.2) is 5.97 Å². The molecule has 0 unspecified atom stereocenters. The fourth-order valence-electron chi connectivity index (χ4n) is 0.768. The largest absolute Gasteiger partial charge is 0.451 e. The molecule has 12 heavy (non-hydrogen) atoms. The van der Waals surface area contributed by atoms with Gasteiger partial charge in [-0.15, -0.1) is 0 Å². The standard InChI is InChI=1S/C10H8O2/c1-12-10(11)8-7-9-5-3-2-4-6-9/h1-8H. The molecule has 0 spiro atoms. The van der Waals surface area contributed by atoms with Crippen molar-refractivity contribution in [3.63, 3.8) is 0 Å². The molecule has 0 saturated heterocycles. The zero-order chi connectivity index (χ0) is 8.81. The zero-order valence-electron chi connectivity index (χ0n) is 6.44. The van der Waals surface area contributed by atoms with Crippen LogP contribution in [0.3, 0.4) is 0 Å². The van der Waals surface area contributed by atoms with E-state index in [1.54, 1.807) is 6.08 Å². The minimum Gasteiger partial charge on any atom is -0.451 e. The molecule has 0 saturated carbocycles. The summed E-state index contributed by atoms with van der Waals surface area (Å²) in [7, 11) is 4.64. The van der Waals surface area contributed by atoms with E-state index < -0.39 is 5.97 Å². The summed E-state index contributed by atoms with van der Waals surface area (Å²) >= 11 is 0. The van der Waals surface area contributed by atoms with Crippen molar-refractivity contribution in [2.45, 2.75) is 0 Å². The monoisotopic (exact) mass is 160 g/mol. The molecule has 0 bridgehead atoms. The van der Waals surface area contributed by atoms with Gasteiger partial charge in [0.05, 0.1) is 0 Å². The van der Waals surface area contributed by atoms with Crippen molar-refractivity contribution in [1.82, 2.24) is 0 Å². The van der Waals surface area contributed by atoms with Crippen LogP contribution in [0, 0.1) is 7.11 Å². The number of ether oxygens (including phenoxy) is 1. The highest BCUT2D eigenvalue weighted by atomic mass is 16.5. The van der Waals surface area contributed by atoms with Gasteiger partial charge in [0.25, 0.3) is 0 Å². The average Bonchev–Trinajstić information content (AvgIpc) is 2.16. The molecule has 0 fully saturated rings. The van der Waals surface area contributed by atoms with Gasteiger partial charge in [0.2, 0.25) is 0 Å². The van der Waals surface area contributed by atoms with Crippen LogP contribution in [0.15, 0.2) is 36.4 Å². The van der Waals surface area contributed by atoms with Crippen LogP contribution < -0.4 is 0 Å². The van der Waals surface area contributed by atoms with Crippen molar-refractivity contribution in [3.8, 4) is 0 Å². The third-order valence-corrected chi connectivity index (χ3v) is 1.33. The van der Waals surface area contributed by atoms with Gasteiger partial charge in [0, 0.05) is 6.08 Å². The molecule has 0 heterocycles. The molecule has 0 atom stereocenters. The van der Waals surface area contributed by atoms with E-state index in [4.69, 9.17) is 0 Å². The molecular weight excluding hydrogens is 152 g/mol. The Morgan fingerprint density at radius 1 is 1.33 bits per heavy atom. The first-order valence-corrected chi connectivity index (χ1v) is 3.47. The zero-order valence-corrected chi connectivity index (χ0v) is 6.44. The molecule has 0 aliphatic carbocycles. The highest BCUT2D eigenvalue weighted by Gasteiger charge is 1.90. The van der Waals surface area contributed by atoms with Crippen LogP contribution in [0.25, 0.3) is 6.08 Å². The lowest BCUT2D eigenvalue weighted by atomic mass is 10.2. The molecule has 0 aliphatic heterocycles. The maximum atomic E-state index is 10.6. The highest BCUT2D eigenvalue weighted by Crippen LogP contribution is 2.00. The van der Waals surface area contributed by atoms with E-state index in [9.17, 15) is 4.79 Å². The summed E-state index contributed by atoms with van der Waals surface area (Å²) in [6.07, 6.45) is 2.91. The van der Waals surface area contributed by atoms with Gasteiger partial charge in [0.15, 0.2) is 7.11 Å². The Labute approximate surface area is 71.5 Å². The first-order chi connectivity index (χ1) is 5.83. The van der Waals surface area contributed by atoms with Gasteiger partial charge in [-0.2, -0.15) is 0 Å². The molecule has 0 N–H and O–H groups in total. The van der Waals surface area contributed by atoms with E-state index in [-0.39, 0.29) is 0 Å². The Morgan fingerprint density at radius 2 is 2.00 bits per heavy atom. The van der Waals surface area contributed by atoms with E-state index in [2.05, 4.69) is 11.8 Å². The number of carbonyl (C=O) groups is 1. The second-order valence-electron chi connectivity index (χ2n) is 2.18. The summed E-state index contributed by atoms with van der Waals surface area (Å²) in [6.45, 7) is 0. The summed E-state index contributed by atoms with van der Waals surface area (Å²) in [5, 5.41) is 0. The van der Waals surface area contributed by atoms with Crippen LogP contribution in [0.4, 0.5) is 0 Å². The van der Waals surface area contributed by atoms with Crippen LogP contribution >= 0.6 is 0 Å². The van der Waals surface area contributed by atoms with E-state index >= 15 is 0 Å². The highest BCUT2D eigenvalue weighted by molar-refractivity contribution is 5.87. The van der Waals surface area contributed by atoms with E-state index in [1.165, 1.54) is 6.08 Å². The van der Waals surface area contributed by atoms with Gasteiger partial charge >= 0.3 is 5.97 Å². The van der Waals surface area contributed by atoms with Gasteiger partial charge in [-0.25, -0.2) is 4.79 Å². The number of hydrogen-bond acceptors (Lipinski definition) is 2. The second-order valence-corrected chi connectivity index (χ2v) is 2.18. The maximum absolute atomic E-state index is 10.6. The number of rotatable bonds is 2. The lowest BCUT2D eigenvalue weighted by Crippen LogP contribution is -1.90. The Kier molecular flexibility index (Phi) is 3.08. The van der Waals surface area contributed by atoms with Crippen LogP contribution in [0.1, 0.15) is 5.56 Å². The first kappa shape index (κ1) is 8.53. The van der Waals surface area contributed by atoms with Gasteiger partial charge in [-0.3, -0.25) is 0 Å². The van der Waals surface area contributed by atoms with Crippen LogP contribution in [0.2, 0.25) is 0 Å². The molecule has 0 amide bonds. The lowest BCUT2D eigenvalue weighted by Gasteiger charge is -1.90. The molecule has 0 aromatic heterocycles. The summed E-state index contributed by atoms with van der Waals surface area (Å²) < 4.78 is 3.95. The topological polar surface area (TPSA) is 26.3 Å². The fourth-order valence-corrected chi connectivity index (χ4v) is 0.768. The van der Waals surface area contributed by atoms with Gasteiger partial charge in [-0.1, -0.05) is 30.3 Å². The smallest absolute Gasteiger partial charge is 0.331 e. The first-order valence-electron chi connectivity index (χ1n) is 3.47. The van der Waals surface area contributed by atoms with Gasteiger partial charge in [0.1, 0.15) is 0 Å². The van der Waals surface area contributed by atoms with E-state index in [0.29, 0.717) is 0 Å². The van der Waals surface area contributed by atoms with Crippen LogP contribution in [-0.2, 0) is 9.53 Å². The number of benzene rings is 1. The lowest BCUT2D eigenvalue weighted by molar-refractivity contribution is -0.132. The number of esters is 1. The third kappa shape index (κ3) is 2.58. The predicted molar refractivity (Wildman–Crippen MR) is 45.9 cm³/mol. The average molecular weight is 160 g/mol. The van der Waals surface area contributed by atoms with Crippen molar-refractivity contribution in [2.24, 2.45) is 0 Å². The Hall–Kier alpha value is -1.57. The van der Waals surface area contributed by atoms with Crippen molar-refractivity contribution in [3.05, 3.63) is 49.1 Å². The minimum atomic E-state index is -0.557. The Morgan fingerprint density at radius 3 is 2.58 bits per heavy atom. The Balaban J connectivity index is 2.64. The summed E-state index contributed by atoms with van der Waals surface area (Å²) in [4.78, 5) is 10.6. The summed E-state index contributed by atoms with van der Waals surface area (Å²) in [5.41, 5.74) is 0.933. The molecular formula is C10H8O2. The molecule has 1 rings (SSSR count). The third-order valence-electron chi connectivity index (χ3n) is 1.33. The molecule has 2 nitrogen and oxygen atoms in total. The van der Waals surface area contributed by atoms with Crippen molar-refractivity contribution >= 4 is 12.0 Å². The van der Waals surface area contributed by atoms with E-state index in [0.717, 1.165) is 5.56 Å². The summed E-state index contributed by atoms with van der Waals surface area (Å²) in [5.74, 6) is -0.557. The number of carbonyl (C=O) groups excluding carboxylic acids is 1. The molecule has 1 aromatic rings. The number of hydrogen-bond donors (Lipinski definition) is 0. The minimum absolute atomic E-state index is 0.557. The predicted octanol–water partition coefficient (Wildman–Crippen LogP) is 1.91. The van der Waals surface area contributed by atoms with Crippen molar-refractivity contribution < 1.29 is 9.53 Å². The molecule has 1 aromatic carbocycles. The Bertz CT molecular complexity index is 275. The maximum Gasteiger partial charge on any atom is 0.331 e.